The number of halogens is 1. The SMILES string of the molecule is Clc1ccccc1-c1cccc(OCc2ccccc2)c1. The second-order valence-electron chi connectivity index (χ2n) is 4.78. The predicted octanol–water partition coefficient (Wildman–Crippen LogP) is 5.59. The molecule has 0 spiro atoms. The molecule has 0 saturated carbocycles. The molecule has 0 N–H and O–H groups in total. The molecule has 0 aliphatic carbocycles. The maximum Gasteiger partial charge on any atom is 0.120 e. The van der Waals surface area contributed by atoms with Crippen molar-refractivity contribution in [1.82, 2.24) is 0 Å². The zero-order valence-corrected chi connectivity index (χ0v) is 12.3. The van der Waals surface area contributed by atoms with Crippen molar-refractivity contribution < 1.29 is 4.74 Å². The highest BCUT2D eigenvalue weighted by Gasteiger charge is 2.04. The Kier molecular flexibility index (Phi) is 4.23. The molecule has 0 aliphatic rings. The molecule has 0 bridgehead atoms. The average Bonchev–Trinajstić information content (AvgIpc) is 2.55. The van der Waals surface area contributed by atoms with Gasteiger partial charge in [0.2, 0.25) is 0 Å². The van der Waals surface area contributed by atoms with Crippen LogP contribution < -0.4 is 4.74 Å². The minimum Gasteiger partial charge on any atom is -0.489 e. The van der Waals surface area contributed by atoms with Crippen LogP contribution in [0.1, 0.15) is 5.56 Å². The standard InChI is InChI=1S/C19H15ClO/c20-19-12-5-4-11-18(19)16-9-6-10-17(13-16)21-14-15-7-2-1-3-8-15/h1-13H,14H2. The zero-order valence-electron chi connectivity index (χ0n) is 11.5. The smallest absolute Gasteiger partial charge is 0.120 e. The molecule has 2 heteroatoms. The third-order valence-electron chi connectivity index (χ3n) is 3.27. The molecule has 0 fully saturated rings. The summed E-state index contributed by atoms with van der Waals surface area (Å²) in [5, 5.41) is 0.748. The molecule has 3 aromatic rings. The lowest BCUT2D eigenvalue weighted by atomic mass is 10.1. The molecule has 1 nitrogen and oxygen atoms in total. The van der Waals surface area contributed by atoms with Crippen molar-refractivity contribution in [1.29, 1.82) is 0 Å². The van der Waals surface area contributed by atoms with Gasteiger partial charge in [-0.25, -0.2) is 0 Å². The molecule has 3 rings (SSSR count). The van der Waals surface area contributed by atoms with Gasteiger partial charge in [-0.05, 0) is 29.3 Å². The Hall–Kier alpha value is -2.25. The van der Waals surface area contributed by atoms with Crippen molar-refractivity contribution in [3.05, 3.63) is 89.4 Å². The predicted molar refractivity (Wildman–Crippen MR) is 87.7 cm³/mol. The zero-order chi connectivity index (χ0) is 14.5. The fourth-order valence-electron chi connectivity index (χ4n) is 2.19. The Bertz CT molecular complexity index is 722. The Labute approximate surface area is 129 Å². The van der Waals surface area contributed by atoms with Crippen LogP contribution in [0, 0.1) is 0 Å². The first-order chi connectivity index (χ1) is 10.3. The van der Waals surface area contributed by atoms with Crippen molar-refractivity contribution >= 4 is 11.6 Å². The third kappa shape index (κ3) is 3.45. The first-order valence-corrected chi connectivity index (χ1v) is 7.22. The molecule has 3 aromatic carbocycles. The van der Waals surface area contributed by atoms with E-state index >= 15 is 0 Å². The summed E-state index contributed by atoms with van der Waals surface area (Å²) < 4.78 is 5.85. The van der Waals surface area contributed by atoms with Gasteiger partial charge in [0, 0.05) is 10.6 Å². The highest BCUT2D eigenvalue weighted by Crippen LogP contribution is 2.30. The quantitative estimate of drug-likeness (QED) is 0.610. The normalized spacial score (nSPS) is 10.3. The van der Waals surface area contributed by atoms with E-state index in [0.29, 0.717) is 6.61 Å². The third-order valence-corrected chi connectivity index (χ3v) is 3.60. The fourth-order valence-corrected chi connectivity index (χ4v) is 2.43. The van der Waals surface area contributed by atoms with Crippen molar-refractivity contribution in [2.75, 3.05) is 0 Å². The number of ether oxygens (including phenoxy) is 1. The summed E-state index contributed by atoms with van der Waals surface area (Å²) in [6.07, 6.45) is 0. The molecule has 0 saturated heterocycles. The van der Waals surface area contributed by atoms with E-state index in [0.717, 1.165) is 27.5 Å². The molecule has 0 aromatic heterocycles. The molecule has 0 atom stereocenters. The van der Waals surface area contributed by atoms with Gasteiger partial charge in [-0.3, -0.25) is 0 Å². The van der Waals surface area contributed by atoms with Crippen LogP contribution in [0.25, 0.3) is 11.1 Å². The molecule has 104 valence electrons. The highest BCUT2D eigenvalue weighted by atomic mass is 35.5. The van der Waals surface area contributed by atoms with Crippen molar-refractivity contribution in [3.63, 3.8) is 0 Å². The summed E-state index contributed by atoms with van der Waals surface area (Å²) >= 11 is 6.24. The van der Waals surface area contributed by atoms with Gasteiger partial charge in [0.15, 0.2) is 0 Å². The number of rotatable bonds is 4. The van der Waals surface area contributed by atoms with Crippen molar-refractivity contribution in [2.45, 2.75) is 6.61 Å². The highest BCUT2D eigenvalue weighted by molar-refractivity contribution is 6.33. The monoisotopic (exact) mass is 294 g/mol. The second kappa shape index (κ2) is 6.47. The topological polar surface area (TPSA) is 9.23 Å². The summed E-state index contributed by atoms with van der Waals surface area (Å²) in [6.45, 7) is 0.562. The maximum atomic E-state index is 6.24. The molecule has 21 heavy (non-hydrogen) atoms. The number of benzene rings is 3. The van der Waals surface area contributed by atoms with Gasteiger partial charge in [-0.2, -0.15) is 0 Å². The lowest BCUT2D eigenvalue weighted by Crippen LogP contribution is -1.95. The fraction of sp³-hybridized carbons (Fsp3) is 0.0526. The van der Waals surface area contributed by atoms with Crippen LogP contribution in [-0.2, 0) is 6.61 Å². The Morgan fingerprint density at radius 3 is 2.33 bits per heavy atom. The number of hydrogen-bond acceptors (Lipinski definition) is 1. The lowest BCUT2D eigenvalue weighted by Gasteiger charge is -2.09. The minimum absolute atomic E-state index is 0.562. The van der Waals surface area contributed by atoms with E-state index in [-0.39, 0.29) is 0 Å². The van der Waals surface area contributed by atoms with E-state index in [1.165, 1.54) is 0 Å². The van der Waals surface area contributed by atoms with Gasteiger partial charge >= 0.3 is 0 Å². The van der Waals surface area contributed by atoms with E-state index in [4.69, 9.17) is 16.3 Å². The minimum atomic E-state index is 0.562. The van der Waals surface area contributed by atoms with Crippen LogP contribution in [0.4, 0.5) is 0 Å². The van der Waals surface area contributed by atoms with E-state index in [1.54, 1.807) is 0 Å². The van der Waals surface area contributed by atoms with Crippen molar-refractivity contribution in [2.24, 2.45) is 0 Å². The largest absolute Gasteiger partial charge is 0.489 e. The van der Waals surface area contributed by atoms with Gasteiger partial charge < -0.3 is 4.74 Å². The van der Waals surface area contributed by atoms with Crippen LogP contribution in [-0.4, -0.2) is 0 Å². The molecular weight excluding hydrogens is 280 g/mol. The van der Waals surface area contributed by atoms with E-state index in [2.05, 4.69) is 12.1 Å². The molecule has 0 amide bonds. The van der Waals surface area contributed by atoms with E-state index in [9.17, 15) is 0 Å². The van der Waals surface area contributed by atoms with Gasteiger partial charge in [0.25, 0.3) is 0 Å². The van der Waals surface area contributed by atoms with E-state index in [1.807, 2.05) is 66.7 Å². The van der Waals surface area contributed by atoms with Crippen LogP contribution in [0.2, 0.25) is 5.02 Å². The Morgan fingerprint density at radius 2 is 1.52 bits per heavy atom. The summed E-state index contributed by atoms with van der Waals surface area (Å²) in [6, 6.07) is 26.0. The summed E-state index contributed by atoms with van der Waals surface area (Å²) in [5.41, 5.74) is 3.23. The molecule has 0 aliphatic heterocycles. The Balaban J connectivity index is 1.79. The maximum absolute atomic E-state index is 6.24. The first-order valence-electron chi connectivity index (χ1n) is 6.84. The molecule has 0 unspecified atom stereocenters. The summed E-state index contributed by atoms with van der Waals surface area (Å²) in [5.74, 6) is 0.844. The van der Waals surface area contributed by atoms with Gasteiger partial charge in [-0.15, -0.1) is 0 Å². The van der Waals surface area contributed by atoms with Crippen molar-refractivity contribution in [3.8, 4) is 16.9 Å². The van der Waals surface area contributed by atoms with E-state index < -0.39 is 0 Å². The van der Waals surface area contributed by atoms with Crippen LogP contribution in [0.3, 0.4) is 0 Å². The van der Waals surface area contributed by atoms with Crippen LogP contribution >= 0.6 is 11.6 Å². The second-order valence-corrected chi connectivity index (χ2v) is 5.19. The molecule has 0 heterocycles. The van der Waals surface area contributed by atoms with Gasteiger partial charge in [0.1, 0.15) is 12.4 Å². The van der Waals surface area contributed by atoms with Gasteiger partial charge in [0.05, 0.1) is 0 Å². The van der Waals surface area contributed by atoms with Gasteiger partial charge in [-0.1, -0.05) is 72.3 Å². The summed E-state index contributed by atoms with van der Waals surface area (Å²) in [7, 11) is 0. The average molecular weight is 295 g/mol. The molecular formula is C19H15ClO. The van der Waals surface area contributed by atoms with Crippen LogP contribution in [0.15, 0.2) is 78.9 Å². The Morgan fingerprint density at radius 1 is 0.762 bits per heavy atom. The lowest BCUT2D eigenvalue weighted by molar-refractivity contribution is 0.306. The number of hydrogen-bond donors (Lipinski definition) is 0. The summed E-state index contributed by atoms with van der Waals surface area (Å²) in [4.78, 5) is 0. The molecule has 0 radical (unpaired) electrons. The first kappa shape index (κ1) is 13.7. The van der Waals surface area contributed by atoms with Crippen LogP contribution in [0.5, 0.6) is 5.75 Å².